The Balaban J connectivity index is 2.23. The molecule has 8 nitrogen and oxygen atoms in total. The minimum atomic E-state index is -4.69. The number of H-pyrrole nitrogens is 1. The van der Waals surface area contributed by atoms with Crippen LogP contribution in [0.2, 0.25) is 0 Å². The first kappa shape index (κ1) is 17.5. The highest BCUT2D eigenvalue weighted by atomic mass is 19.4. The number of nitrogens with zero attached hydrogens (tertiary/aromatic N) is 3. The summed E-state index contributed by atoms with van der Waals surface area (Å²) in [4.78, 5) is 29.9. The van der Waals surface area contributed by atoms with Crippen molar-refractivity contribution in [2.75, 3.05) is 19.5 Å². The van der Waals surface area contributed by atoms with Gasteiger partial charge in [0, 0.05) is 25.0 Å². The first-order chi connectivity index (χ1) is 12.2. The fraction of sp³-hybridized carbons (Fsp3) is 0.200. The molecule has 2 N–H and O–H groups in total. The van der Waals surface area contributed by atoms with Gasteiger partial charge in [-0.3, -0.25) is 4.79 Å². The van der Waals surface area contributed by atoms with E-state index in [2.05, 4.69) is 25.1 Å². The maximum Gasteiger partial charge on any atom is 0.417 e. The molecule has 0 radical (unpaired) electrons. The average molecular weight is 367 g/mol. The molecular formula is C15H12F3N5O3. The van der Waals surface area contributed by atoms with Crippen LogP contribution in [0.4, 0.5) is 19.0 Å². The quantitative estimate of drug-likeness (QED) is 0.686. The van der Waals surface area contributed by atoms with Crippen LogP contribution in [-0.4, -0.2) is 39.7 Å². The van der Waals surface area contributed by atoms with Crippen molar-refractivity contribution in [2.45, 2.75) is 6.18 Å². The lowest BCUT2D eigenvalue weighted by atomic mass is 10.1. The molecule has 11 heteroatoms. The molecule has 0 aromatic carbocycles. The Labute approximate surface area is 143 Å². The first-order valence-electron chi connectivity index (χ1n) is 7.21. The molecule has 3 rings (SSSR count). The summed E-state index contributed by atoms with van der Waals surface area (Å²) >= 11 is 0. The number of anilines is 1. The predicted molar refractivity (Wildman–Crippen MR) is 84.9 cm³/mol. The lowest BCUT2D eigenvalue weighted by Gasteiger charge is -2.13. The van der Waals surface area contributed by atoms with E-state index < -0.39 is 28.8 Å². The topological polar surface area (TPSA) is 101 Å². The predicted octanol–water partition coefficient (Wildman–Crippen LogP) is 1.93. The zero-order valence-corrected chi connectivity index (χ0v) is 13.5. The molecule has 0 amide bonds. The van der Waals surface area contributed by atoms with Crippen LogP contribution < -0.4 is 10.9 Å². The number of halogens is 3. The summed E-state index contributed by atoms with van der Waals surface area (Å²) in [7, 11) is 2.60. The second-order valence-corrected chi connectivity index (χ2v) is 5.22. The van der Waals surface area contributed by atoms with Gasteiger partial charge in [-0.25, -0.2) is 14.3 Å². The number of hydrogen-bond donors (Lipinski definition) is 2. The highest BCUT2D eigenvalue weighted by Crippen LogP contribution is 2.36. The van der Waals surface area contributed by atoms with Gasteiger partial charge in [0.2, 0.25) is 0 Å². The number of aromatic amines is 1. The fourth-order valence-electron chi connectivity index (χ4n) is 2.37. The third-order valence-corrected chi connectivity index (χ3v) is 3.61. The number of nitrogens with one attached hydrogen (secondary N) is 2. The molecule has 0 saturated heterocycles. The van der Waals surface area contributed by atoms with Gasteiger partial charge in [0.25, 0.3) is 5.56 Å². The Hall–Kier alpha value is -3.37. The summed E-state index contributed by atoms with van der Waals surface area (Å²) in [5.41, 5.74) is -2.09. The lowest BCUT2D eigenvalue weighted by Crippen LogP contribution is -2.16. The zero-order valence-electron chi connectivity index (χ0n) is 13.5. The van der Waals surface area contributed by atoms with Crippen molar-refractivity contribution in [1.29, 1.82) is 0 Å². The number of carbonyl (C=O) groups is 1. The Bertz CT molecular complexity index is 1050. The summed E-state index contributed by atoms with van der Waals surface area (Å²) in [5.74, 6) is -1.03. The molecule has 0 aliphatic rings. The summed E-state index contributed by atoms with van der Waals surface area (Å²) in [6.45, 7) is 0. The Morgan fingerprint density at radius 1 is 1.35 bits per heavy atom. The summed E-state index contributed by atoms with van der Waals surface area (Å²) in [6.07, 6.45) is -2.53. The van der Waals surface area contributed by atoms with Gasteiger partial charge in [0.05, 0.1) is 18.2 Å². The molecule has 0 aliphatic carbocycles. The molecule has 0 saturated carbocycles. The van der Waals surface area contributed by atoms with Gasteiger partial charge in [-0.1, -0.05) is 0 Å². The van der Waals surface area contributed by atoms with E-state index in [-0.39, 0.29) is 22.7 Å². The number of alkyl halides is 3. The van der Waals surface area contributed by atoms with Gasteiger partial charge >= 0.3 is 12.1 Å². The number of esters is 1. The van der Waals surface area contributed by atoms with Crippen molar-refractivity contribution in [1.82, 2.24) is 19.6 Å². The average Bonchev–Trinajstić information content (AvgIpc) is 3.04. The van der Waals surface area contributed by atoms with Gasteiger partial charge in [-0.05, 0) is 12.1 Å². The molecular weight excluding hydrogens is 355 g/mol. The molecule has 0 bridgehead atoms. The highest BCUT2D eigenvalue weighted by Gasteiger charge is 2.35. The molecule has 3 heterocycles. The highest BCUT2D eigenvalue weighted by molar-refractivity contribution is 5.90. The molecule has 0 spiro atoms. The molecule has 3 aromatic heterocycles. The third-order valence-electron chi connectivity index (χ3n) is 3.61. The Morgan fingerprint density at radius 2 is 2.08 bits per heavy atom. The van der Waals surface area contributed by atoms with Crippen LogP contribution in [0.1, 0.15) is 15.9 Å². The van der Waals surface area contributed by atoms with E-state index in [4.69, 9.17) is 0 Å². The maximum atomic E-state index is 13.4. The molecule has 0 aliphatic heterocycles. The SMILES string of the molecule is CNc1cc(C(F)(F)F)c(-c2nn3cc(C(=O)OC)cc3c(=O)[nH]2)cn1. The maximum absolute atomic E-state index is 13.4. The van der Waals surface area contributed by atoms with Gasteiger partial charge in [-0.2, -0.15) is 13.2 Å². The lowest BCUT2D eigenvalue weighted by molar-refractivity contribution is -0.137. The van der Waals surface area contributed by atoms with Crippen molar-refractivity contribution in [3.63, 3.8) is 0 Å². The summed E-state index contributed by atoms with van der Waals surface area (Å²) in [5, 5.41) is 6.49. The fourth-order valence-corrected chi connectivity index (χ4v) is 2.37. The van der Waals surface area contributed by atoms with Crippen LogP contribution in [0, 0.1) is 0 Å². The van der Waals surface area contributed by atoms with E-state index in [0.717, 1.165) is 16.8 Å². The molecule has 136 valence electrons. The van der Waals surface area contributed by atoms with Crippen LogP contribution in [0.25, 0.3) is 16.9 Å². The van der Waals surface area contributed by atoms with E-state index in [0.29, 0.717) is 0 Å². The van der Waals surface area contributed by atoms with Crippen LogP contribution in [-0.2, 0) is 10.9 Å². The van der Waals surface area contributed by atoms with Gasteiger partial charge in [0.1, 0.15) is 11.3 Å². The number of ether oxygens (including phenoxy) is 1. The number of pyridine rings is 1. The first-order valence-corrected chi connectivity index (χ1v) is 7.21. The van der Waals surface area contributed by atoms with Crippen molar-refractivity contribution in [2.24, 2.45) is 0 Å². The number of carbonyl (C=O) groups excluding carboxylic acids is 1. The largest absolute Gasteiger partial charge is 0.465 e. The Kier molecular flexibility index (Phi) is 4.14. The van der Waals surface area contributed by atoms with Crippen LogP contribution in [0.15, 0.2) is 29.3 Å². The smallest absolute Gasteiger partial charge is 0.417 e. The standard InChI is InChI=1S/C15H12F3N5O3/c1-19-11-4-9(15(16,17)18)8(5-20-11)12-21-13(24)10-3-7(14(25)26-2)6-23(10)22-12/h3-6H,1-2H3,(H,19,20)(H,21,22,24). The number of aromatic nitrogens is 4. The van der Waals surface area contributed by atoms with Crippen LogP contribution in [0.5, 0.6) is 0 Å². The van der Waals surface area contributed by atoms with E-state index >= 15 is 0 Å². The number of fused-ring (bicyclic) bond motifs is 1. The molecule has 0 unspecified atom stereocenters. The van der Waals surface area contributed by atoms with Crippen molar-refractivity contribution < 1.29 is 22.7 Å². The van der Waals surface area contributed by atoms with Gasteiger partial charge in [0.15, 0.2) is 5.82 Å². The molecule has 0 atom stereocenters. The molecule has 3 aromatic rings. The van der Waals surface area contributed by atoms with Gasteiger partial charge < -0.3 is 15.0 Å². The molecule has 26 heavy (non-hydrogen) atoms. The van der Waals surface area contributed by atoms with E-state index in [1.807, 2.05) is 0 Å². The van der Waals surface area contributed by atoms with Crippen LogP contribution >= 0.6 is 0 Å². The minimum Gasteiger partial charge on any atom is -0.465 e. The van der Waals surface area contributed by atoms with Crippen LogP contribution in [0.3, 0.4) is 0 Å². The molecule has 0 fully saturated rings. The number of hydrogen-bond acceptors (Lipinski definition) is 6. The third kappa shape index (κ3) is 2.98. The number of rotatable bonds is 3. The number of methoxy groups -OCH3 is 1. The van der Waals surface area contributed by atoms with Crippen molar-refractivity contribution in [3.8, 4) is 11.4 Å². The van der Waals surface area contributed by atoms with E-state index in [9.17, 15) is 22.8 Å². The minimum absolute atomic E-state index is 0.0116. The normalized spacial score (nSPS) is 11.6. The second kappa shape index (κ2) is 6.17. The zero-order chi connectivity index (χ0) is 19.1. The summed E-state index contributed by atoms with van der Waals surface area (Å²) in [6, 6.07) is 2.05. The van der Waals surface area contributed by atoms with Crippen molar-refractivity contribution >= 4 is 17.3 Å². The monoisotopic (exact) mass is 367 g/mol. The Morgan fingerprint density at radius 3 is 2.69 bits per heavy atom. The van der Waals surface area contributed by atoms with E-state index in [1.54, 1.807) is 0 Å². The van der Waals surface area contributed by atoms with E-state index in [1.165, 1.54) is 26.4 Å². The summed E-state index contributed by atoms with van der Waals surface area (Å²) < 4.78 is 45.7. The second-order valence-electron chi connectivity index (χ2n) is 5.22. The van der Waals surface area contributed by atoms with Gasteiger partial charge in [-0.15, -0.1) is 5.10 Å². The van der Waals surface area contributed by atoms with Crippen molar-refractivity contribution in [3.05, 3.63) is 46.0 Å².